The standard InChI is InChI=1S/C17H22N2O5S2/c1-12-10-16(24-4)17(11-13(12)2)26(22,23)19(3)15-8-6-14(7-9-15)18-25(5,20)21/h6-11,18H,1-5H3. The van der Waals surface area contributed by atoms with Crippen LogP contribution in [0.3, 0.4) is 0 Å². The van der Waals surface area contributed by atoms with Crippen LogP contribution in [0.25, 0.3) is 0 Å². The monoisotopic (exact) mass is 398 g/mol. The molecule has 2 aromatic carbocycles. The molecule has 0 fully saturated rings. The van der Waals surface area contributed by atoms with Crippen molar-refractivity contribution in [3.05, 3.63) is 47.5 Å². The lowest BCUT2D eigenvalue weighted by Gasteiger charge is -2.22. The average molecular weight is 399 g/mol. The number of aryl methyl sites for hydroxylation is 2. The SMILES string of the molecule is COc1cc(C)c(C)cc1S(=O)(=O)N(C)c1ccc(NS(C)(=O)=O)cc1. The molecule has 26 heavy (non-hydrogen) atoms. The van der Waals surface area contributed by atoms with Gasteiger partial charge in [0.1, 0.15) is 10.6 Å². The summed E-state index contributed by atoms with van der Waals surface area (Å²) in [5.74, 6) is 0.273. The fourth-order valence-corrected chi connectivity index (χ4v) is 4.34. The van der Waals surface area contributed by atoms with Crippen LogP contribution < -0.4 is 13.8 Å². The highest BCUT2D eigenvalue weighted by Gasteiger charge is 2.26. The Bertz CT molecular complexity index is 1010. The van der Waals surface area contributed by atoms with Gasteiger partial charge >= 0.3 is 0 Å². The largest absolute Gasteiger partial charge is 0.495 e. The molecule has 0 saturated heterocycles. The van der Waals surface area contributed by atoms with Crippen molar-refractivity contribution in [2.75, 3.05) is 29.4 Å². The van der Waals surface area contributed by atoms with E-state index in [9.17, 15) is 16.8 Å². The maximum Gasteiger partial charge on any atom is 0.267 e. The zero-order valence-corrected chi connectivity index (χ0v) is 16.9. The summed E-state index contributed by atoms with van der Waals surface area (Å²) < 4.78 is 57.3. The summed E-state index contributed by atoms with van der Waals surface area (Å²) in [4.78, 5) is 0.0731. The van der Waals surface area contributed by atoms with Crippen LogP contribution in [0.15, 0.2) is 41.3 Å². The van der Waals surface area contributed by atoms with Crippen LogP contribution in [0.5, 0.6) is 5.75 Å². The van der Waals surface area contributed by atoms with Crippen molar-refractivity contribution in [1.82, 2.24) is 0 Å². The van der Waals surface area contributed by atoms with Crippen LogP contribution in [-0.4, -0.2) is 37.2 Å². The Morgan fingerprint density at radius 2 is 1.50 bits per heavy atom. The van der Waals surface area contributed by atoms with Crippen LogP contribution in [0, 0.1) is 13.8 Å². The fourth-order valence-electron chi connectivity index (χ4n) is 2.36. The Morgan fingerprint density at radius 3 is 2.00 bits per heavy atom. The average Bonchev–Trinajstić information content (AvgIpc) is 2.55. The summed E-state index contributed by atoms with van der Waals surface area (Å²) >= 11 is 0. The second-order valence-electron chi connectivity index (χ2n) is 5.98. The van der Waals surface area contributed by atoms with E-state index in [0.29, 0.717) is 11.4 Å². The van der Waals surface area contributed by atoms with Gasteiger partial charge in [-0.25, -0.2) is 16.8 Å². The maximum absolute atomic E-state index is 13.0. The van der Waals surface area contributed by atoms with Crippen LogP contribution in [0.2, 0.25) is 0 Å². The number of methoxy groups -OCH3 is 1. The lowest BCUT2D eigenvalue weighted by Crippen LogP contribution is -2.27. The van der Waals surface area contributed by atoms with Crippen molar-refractivity contribution in [3.63, 3.8) is 0 Å². The third kappa shape index (κ3) is 4.28. The Morgan fingerprint density at radius 1 is 0.962 bits per heavy atom. The van der Waals surface area contributed by atoms with Gasteiger partial charge < -0.3 is 4.74 Å². The molecular weight excluding hydrogens is 376 g/mol. The third-order valence-electron chi connectivity index (χ3n) is 3.95. The number of nitrogens with zero attached hydrogens (tertiary/aromatic N) is 1. The smallest absolute Gasteiger partial charge is 0.267 e. The predicted molar refractivity (Wildman–Crippen MR) is 103 cm³/mol. The molecule has 1 N–H and O–H groups in total. The minimum absolute atomic E-state index is 0.0731. The van der Waals surface area contributed by atoms with Gasteiger partial charge in [-0.15, -0.1) is 0 Å². The van der Waals surface area contributed by atoms with Gasteiger partial charge in [-0.05, 0) is 61.4 Å². The van der Waals surface area contributed by atoms with E-state index in [2.05, 4.69) is 4.72 Å². The van der Waals surface area contributed by atoms with Crippen molar-refractivity contribution < 1.29 is 21.6 Å². The Hall–Kier alpha value is -2.26. The first-order valence-corrected chi connectivity index (χ1v) is 11.0. The van der Waals surface area contributed by atoms with E-state index in [1.165, 1.54) is 38.4 Å². The van der Waals surface area contributed by atoms with Crippen LogP contribution >= 0.6 is 0 Å². The Balaban J connectivity index is 2.42. The minimum atomic E-state index is -3.85. The van der Waals surface area contributed by atoms with Gasteiger partial charge in [0.15, 0.2) is 0 Å². The minimum Gasteiger partial charge on any atom is -0.495 e. The van der Waals surface area contributed by atoms with Crippen molar-refractivity contribution in [2.24, 2.45) is 0 Å². The van der Waals surface area contributed by atoms with Crippen molar-refractivity contribution >= 4 is 31.4 Å². The molecule has 0 aliphatic carbocycles. The quantitative estimate of drug-likeness (QED) is 0.807. The summed E-state index contributed by atoms with van der Waals surface area (Å²) in [5.41, 5.74) is 2.51. The first kappa shape index (κ1) is 20.1. The molecule has 0 aliphatic heterocycles. The molecule has 2 rings (SSSR count). The predicted octanol–water partition coefficient (Wildman–Crippen LogP) is 2.51. The van der Waals surface area contributed by atoms with Crippen molar-refractivity contribution in [1.29, 1.82) is 0 Å². The van der Waals surface area contributed by atoms with Crippen molar-refractivity contribution in [3.8, 4) is 5.75 Å². The van der Waals surface area contributed by atoms with E-state index in [1.807, 2.05) is 13.8 Å². The summed E-state index contributed by atoms with van der Waals surface area (Å²) in [6, 6.07) is 9.33. The van der Waals surface area contributed by atoms with Crippen LogP contribution in [0.1, 0.15) is 11.1 Å². The normalized spacial score (nSPS) is 11.9. The van der Waals surface area contributed by atoms with E-state index >= 15 is 0 Å². The Kier molecular flexibility index (Phi) is 5.52. The molecule has 0 bridgehead atoms. The van der Waals surface area contributed by atoms with E-state index in [-0.39, 0.29) is 10.6 Å². The summed E-state index contributed by atoms with van der Waals surface area (Å²) in [6.07, 6.45) is 1.05. The highest BCUT2D eigenvalue weighted by Crippen LogP contribution is 2.31. The molecule has 0 heterocycles. The molecule has 2 aromatic rings. The number of ether oxygens (including phenoxy) is 1. The van der Waals surface area contributed by atoms with Crippen LogP contribution in [0.4, 0.5) is 11.4 Å². The molecular formula is C17H22N2O5S2. The number of hydrogen-bond donors (Lipinski definition) is 1. The molecule has 0 amide bonds. The number of rotatable bonds is 6. The highest BCUT2D eigenvalue weighted by atomic mass is 32.2. The molecule has 0 unspecified atom stereocenters. The van der Waals surface area contributed by atoms with Gasteiger partial charge in [0.05, 0.1) is 19.1 Å². The van der Waals surface area contributed by atoms with E-state index < -0.39 is 20.0 Å². The summed E-state index contributed by atoms with van der Waals surface area (Å²) in [5, 5.41) is 0. The van der Waals surface area contributed by atoms with E-state index in [1.54, 1.807) is 12.1 Å². The zero-order chi connectivity index (χ0) is 19.7. The van der Waals surface area contributed by atoms with Gasteiger partial charge in [0, 0.05) is 12.7 Å². The highest BCUT2D eigenvalue weighted by molar-refractivity contribution is 7.93. The first-order chi connectivity index (χ1) is 12.0. The molecule has 0 saturated carbocycles. The van der Waals surface area contributed by atoms with Crippen LogP contribution in [-0.2, 0) is 20.0 Å². The molecule has 0 spiro atoms. The number of nitrogens with one attached hydrogen (secondary N) is 1. The molecule has 0 aromatic heterocycles. The van der Waals surface area contributed by atoms with E-state index in [4.69, 9.17) is 4.74 Å². The molecule has 9 heteroatoms. The van der Waals surface area contributed by atoms with Gasteiger partial charge in [0.25, 0.3) is 10.0 Å². The summed E-state index contributed by atoms with van der Waals surface area (Å²) in [7, 11) is -4.39. The van der Waals surface area contributed by atoms with E-state index in [0.717, 1.165) is 21.7 Å². The second kappa shape index (κ2) is 7.16. The van der Waals surface area contributed by atoms with Crippen molar-refractivity contribution in [2.45, 2.75) is 18.7 Å². The molecule has 0 radical (unpaired) electrons. The zero-order valence-electron chi connectivity index (χ0n) is 15.3. The molecule has 0 atom stereocenters. The summed E-state index contributed by atoms with van der Waals surface area (Å²) in [6.45, 7) is 3.71. The van der Waals surface area contributed by atoms with Gasteiger partial charge in [-0.3, -0.25) is 9.03 Å². The first-order valence-electron chi connectivity index (χ1n) is 7.67. The lowest BCUT2D eigenvalue weighted by molar-refractivity contribution is 0.402. The third-order valence-corrected chi connectivity index (χ3v) is 6.37. The number of benzene rings is 2. The van der Waals surface area contributed by atoms with Gasteiger partial charge in [0.2, 0.25) is 10.0 Å². The molecule has 0 aliphatic rings. The fraction of sp³-hybridized carbons (Fsp3) is 0.294. The Labute approximate surface area is 154 Å². The van der Waals surface area contributed by atoms with Gasteiger partial charge in [-0.2, -0.15) is 0 Å². The van der Waals surface area contributed by atoms with Gasteiger partial charge in [-0.1, -0.05) is 0 Å². The lowest BCUT2D eigenvalue weighted by atomic mass is 10.1. The molecule has 142 valence electrons. The topological polar surface area (TPSA) is 92.8 Å². The maximum atomic E-state index is 13.0. The number of anilines is 2. The number of hydrogen-bond acceptors (Lipinski definition) is 5. The molecule has 7 nitrogen and oxygen atoms in total. The second-order valence-corrected chi connectivity index (χ2v) is 9.67. The number of sulfonamides is 2.